The van der Waals surface area contributed by atoms with Crippen LogP contribution in [-0.2, 0) is 16.1 Å². The fourth-order valence-electron chi connectivity index (χ4n) is 2.80. The number of hydrogen-bond donors (Lipinski definition) is 1. The maximum Gasteiger partial charge on any atom is 0.237 e. The van der Waals surface area contributed by atoms with E-state index >= 15 is 0 Å². The van der Waals surface area contributed by atoms with Gasteiger partial charge in [-0.25, -0.2) is 0 Å². The van der Waals surface area contributed by atoms with Crippen molar-refractivity contribution in [2.75, 3.05) is 43.6 Å². The summed E-state index contributed by atoms with van der Waals surface area (Å²) in [5.41, 5.74) is 0.706. The van der Waals surface area contributed by atoms with Crippen LogP contribution < -0.4 is 15.0 Å². The third-order valence-electron chi connectivity index (χ3n) is 4.30. The van der Waals surface area contributed by atoms with Gasteiger partial charge in [0, 0.05) is 31.4 Å². The van der Waals surface area contributed by atoms with E-state index in [-0.39, 0.29) is 11.2 Å². The molecule has 0 aliphatic carbocycles. The van der Waals surface area contributed by atoms with Gasteiger partial charge in [-0.2, -0.15) is 0 Å². The zero-order valence-corrected chi connectivity index (χ0v) is 16.7. The number of methoxy groups -OCH3 is 1. The third kappa shape index (κ3) is 4.72. The largest absolute Gasteiger partial charge is 0.497 e. The Morgan fingerprint density at radius 3 is 2.85 bits per heavy atom. The van der Waals surface area contributed by atoms with Gasteiger partial charge in [0.15, 0.2) is 5.16 Å². The minimum absolute atomic E-state index is 0.0909. The molecular formula is C18H25N5O3S. The molecule has 1 fully saturated rings. The minimum atomic E-state index is -0.316. The molecule has 0 unspecified atom stereocenters. The van der Waals surface area contributed by atoms with Gasteiger partial charge in [0.25, 0.3) is 0 Å². The molecule has 8 nitrogen and oxygen atoms in total. The van der Waals surface area contributed by atoms with Crippen molar-refractivity contribution in [3.8, 4) is 5.75 Å². The van der Waals surface area contributed by atoms with Gasteiger partial charge in [-0.15, -0.1) is 10.2 Å². The lowest BCUT2D eigenvalue weighted by Gasteiger charge is -2.27. The van der Waals surface area contributed by atoms with E-state index in [1.165, 1.54) is 11.8 Å². The molecule has 2 aromatic rings. The zero-order valence-electron chi connectivity index (χ0n) is 15.8. The van der Waals surface area contributed by atoms with Gasteiger partial charge in [-0.3, -0.25) is 9.36 Å². The molecule has 1 N–H and O–H groups in total. The van der Waals surface area contributed by atoms with Crippen LogP contribution in [0.3, 0.4) is 0 Å². The number of rotatable bonds is 7. The van der Waals surface area contributed by atoms with E-state index < -0.39 is 0 Å². The molecule has 1 aliphatic rings. The van der Waals surface area contributed by atoms with Crippen LogP contribution in [0.2, 0.25) is 0 Å². The number of amides is 1. The molecule has 1 aromatic heterocycles. The number of morpholine rings is 1. The fraction of sp³-hybridized carbons (Fsp3) is 0.500. The van der Waals surface area contributed by atoms with E-state index in [0.717, 1.165) is 30.7 Å². The number of anilines is 2. The second-order valence-electron chi connectivity index (χ2n) is 6.11. The first kappa shape index (κ1) is 19.5. The number of hydrogen-bond acceptors (Lipinski definition) is 7. The van der Waals surface area contributed by atoms with Crippen LogP contribution in [0.1, 0.15) is 13.8 Å². The van der Waals surface area contributed by atoms with E-state index in [0.29, 0.717) is 24.7 Å². The Balaban J connectivity index is 1.66. The highest BCUT2D eigenvalue weighted by atomic mass is 32.2. The summed E-state index contributed by atoms with van der Waals surface area (Å²) in [4.78, 5) is 14.7. The van der Waals surface area contributed by atoms with Crippen molar-refractivity contribution < 1.29 is 14.3 Å². The molecule has 3 rings (SSSR count). The number of nitrogens with one attached hydrogen (secondary N) is 1. The number of carbonyl (C=O) groups is 1. The molecule has 146 valence electrons. The minimum Gasteiger partial charge on any atom is -0.497 e. The summed E-state index contributed by atoms with van der Waals surface area (Å²) in [5.74, 6) is 1.45. The number of nitrogens with zero attached hydrogens (tertiary/aromatic N) is 4. The maximum absolute atomic E-state index is 12.6. The summed E-state index contributed by atoms with van der Waals surface area (Å²) < 4.78 is 12.6. The molecule has 1 saturated heterocycles. The maximum atomic E-state index is 12.6. The zero-order chi connectivity index (χ0) is 19.2. The van der Waals surface area contributed by atoms with Crippen molar-refractivity contribution in [3.05, 3.63) is 24.3 Å². The van der Waals surface area contributed by atoms with Crippen LogP contribution in [0.5, 0.6) is 5.75 Å². The van der Waals surface area contributed by atoms with Crippen molar-refractivity contribution in [2.45, 2.75) is 30.8 Å². The van der Waals surface area contributed by atoms with Crippen LogP contribution in [0.15, 0.2) is 29.4 Å². The lowest BCUT2D eigenvalue weighted by Crippen LogP contribution is -2.38. The predicted octanol–water partition coefficient (Wildman–Crippen LogP) is 2.26. The van der Waals surface area contributed by atoms with Crippen LogP contribution in [0.4, 0.5) is 11.6 Å². The van der Waals surface area contributed by atoms with Gasteiger partial charge in [-0.1, -0.05) is 17.8 Å². The first-order valence-corrected chi connectivity index (χ1v) is 9.87. The highest BCUT2D eigenvalue weighted by Crippen LogP contribution is 2.27. The van der Waals surface area contributed by atoms with Crippen molar-refractivity contribution in [3.63, 3.8) is 0 Å². The molecule has 1 atom stereocenters. The monoisotopic (exact) mass is 391 g/mol. The number of carbonyl (C=O) groups excluding carboxylic acids is 1. The van der Waals surface area contributed by atoms with Gasteiger partial charge in [0.2, 0.25) is 11.9 Å². The number of thioether (sulfide) groups is 1. The van der Waals surface area contributed by atoms with Crippen LogP contribution >= 0.6 is 11.8 Å². The lowest BCUT2D eigenvalue weighted by molar-refractivity contribution is -0.115. The Labute approximate surface area is 163 Å². The standard InChI is InChI=1S/C18H25N5O3S/c1-4-23-17(22-8-10-26-11-9-22)20-21-18(23)27-13(2)16(24)19-14-6-5-7-15(12-14)25-3/h5-7,12-13H,4,8-11H2,1-3H3,(H,19,24)/t13-/m0/s1. The summed E-state index contributed by atoms with van der Waals surface area (Å²) >= 11 is 1.41. The smallest absolute Gasteiger partial charge is 0.237 e. The van der Waals surface area contributed by atoms with Crippen LogP contribution in [0, 0.1) is 0 Å². The quantitative estimate of drug-likeness (QED) is 0.725. The molecule has 1 aliphatic heterocycles. The van der Waals surface area contributed by atoms with E-state index in [1.807, 2.05) is 29.7 Å². The second kappa shape index (κ2) is 9.09. The van der Waals surface area contributed by atoms with Gasteiger partial charge < -0.3 is 19.7 Å². The fourth-order valence-corrected chi connectivity index (χ4v) is 3.71. The topological polar surface area (TPSA) is 81.5 Å². The van der Waals surface area contributed by atoms with Crippen molar-refractivity contribution in [1.82, 2.24) is 14.8 Å². The molecule has 0 radical (unpaired) electrons. The highest BCUT2D eigenvalue weighted by molar-refractivity contribution is 8.00. The summed E-state index contributed by atoms with van der Waals surface area (Å²) in [5, 5.41) is 12.0. The number of benzene rings is 1. The summed E-state index contributed by atoms with van der Waals surface area (Å²) in [6.07, 6.45) is 0. The van der Waals surface area contributed by atoms with Crippen molar-refractivity contribution in [2.24, 2.45) is 0 Å². The van der Waals surface area contributed by atoms with Crippen LogP contribution in [-0.4, -0.2) is 59.3 Å². The van der Waals surface area contributed by atoms with Gasteiger partial charge >= 0.3 is 0 Å². The van der Waals surface area contributed by atoms with Crippen LogP contribution in [0.25, 0.3) is 0 Å². The Morgan fingerprint density at radius 1 is 1.37 bits per heavy atom. The third-order valence-corrected chi connectivity index (χ3v) is 5.38. The van der Waals surface area contributed by atoms with Crippen molar-refractivity contribution >= 4 is 29.3 Å². The molecular weight excluding hydrogens is 366 g/mol. The molecule has 2 heterocycles. The summed E-state index contributed by atoms with van der Waals surface area (Å²) in [6.45, 7) is 7.65. The predicted molar refractivity (Wildman–Crippen MR) is 106 cm³/mol. The summed E-state index contributed by atoms with van der Waals surface area (Å²) in [7, 11) is 1.60. The molecule has 27 heavy (non-hydrogen) atoms. The highest BCUT2D eigenvalue weighted by Gasteiger charge is 2.23. The van der Waals surface area contributed by atoms with E-state index in [2.05, 4.69) is 27.3 Å². The molecule has 1 amide bonds. The molecule has 0 spiro atoms. The SMILES string of the molecule is CCn1c(S[C@@H](C)C(=O)Nc2cccc(OC)c2)nnc1N1CCOCC1. The summed E-state index contributed by atoms with van der Waals surface area (Å²) in [6, 6.07) is 7.31. The van der Waals surface area contributed by atoms with Gasteiger partial charge in [0.1, 0.15) is 5.75 Å². The molecule has 1 aromatic carbocycles. The first-order chi connectivity index (χ1) is 13.1. The number of aromatic nitrogens is 3. The normalized spacial score (nSPS) is 15.4. The average molecular weight is 391 g/mol. The van der Waals surface area contributed by atoms with E-state index in [1.54, 1.807) is 13.2 Å². The van der Waals surface area contributed by atoms with Gasteiger partial charge in [0.05, 0.1) is 25.6 Å². The van der Waals surface area contributed by atoms with Crippen molar-refractivity contribution in [1.29, 1.82) is 0 Å². The Morgan fingerprint density at radius 2 is 2.15 bits per heavy atom. The average Bonchev–Trinajstić information content (AvgIpc) is 3.11. The number of ether oxygens (including phenoxy) is 2. The molecule has 0 saturated carbocycles. The Kier molecular flexibility index (Phi) is 6.57. The molecule has 0 bridgehead atoms. The lowest BCUT2D eigenvalue weighted by atomic mass is 10.3. The first-order valence-electron chi connectivity index (χ1n) is 8.99. The van der Waals surface area contributed by atoms with E-state index in [9.17, 15) is 4.79 Å². The Bertz CT molecular complexity index is 776. The second-order valence-corrected chi connectivity index (χ2v) is 7.42. The molecule has 9 heteroatoms. The van der Waals surface area contributed by atoms with E-state index in [4.69, 9.17) is 9.47 Å². The van der Waals surface area contributed by atoms with Gasteiger partial charge in [-0.05, 0) is 26.0 Å². The Hall–Kier alpha value is -2.26.